The van der Waals surface area contributed by atoms with Crippen LogP contribution in [0.5, 0.6) is 0 Å². The fraction of sp³-hybridized carbons (Fsp3) is 0.400. The van der Waals surface area contributed by atoms with Crippen molar-refractivity contribution < 1.29 is 18.1 Å². The molecule has 0 saturated carbocycles. The van der Waals surface area contributed by atoms with Crippen molar-refractivity contribution in [2.45, 2.75) is 23.3 Å². The summed E-state index contributed by atoms with van der Waals surface area (Å²) >= 11 is 4.62. The molecule has 0 amide bonds. The molecule has 1 aromatic rings. The van der Waals surface area contributed by atoms with Gasteiger partial charge in [0.25, 0.3) is 0 Å². The summed E-state index contributed by atoms with van der Waals surface area (Å²) in [6.07, 6.45) is -2.11. The van der Waals surface area contributed by atoms with Crippen LogP contribution in [0.2, 0.25) is 0 Å². The van der Waals surface area contributed by atoms with Gasteiger partial charge in [-0.1, -0.05) is 17.7 Å². The molecule has 1 unspecified atom stereocenters. The summed E-state index contributed by atoms with van der Waals surface area (Å²) in [5.41, 5.74) is 0.976. The highest BCUT2D eigenvalue weighted by Crippen LogP contribution is 2.25. The van der Waals surface area contributed by atoms with Gasteiger partial charge in [0, 0.05) is 4.90 Å². The maximum Gasteiger partial charge on any atom is 0.348 e. The molecule has 1 rings (SSSR count). The summed E-state index contributed by atoms with van der Waals surface area (Å²) in [7, 11) is -1.68. The largest absolute Gasteiger partial charge is 0.384 e. The molecule has 6 heteroatoms. The first-order valence-electron chi connectivity index (χ1n) is 4.50. The normalized spacial score (nSPS) is 15.8. The first-order valence-corrected chi connectivity index (χ1v) is 6.20. The Bertz CT molecular complexity index is 375. The molecule has 2 nitrogen and oxygen atoms in total. The molecule has 2 atom stereocenters. The van der Waals surface area contributed by atoms with Crippen molar-refractivity contribution in [1.29, 1.82) is 0 Å². The lowest BCUT2D eigenvalue weighted by molar-refractivity contribution is -0.0277. The zero-order chi connectivity index (χ0) is 12.3. The maximum atomic E-state index is 12.4. The fourth-order valence-electron chi connectivity index (χ4n) is 1.02. The van der Waals surface area contributed by atoms with E-state index in [1.807, 2.05) is 6.92 Å². The van der Waals surface area contributed by atoms with Gasteiger partial charge in [0.2, 0.25) is 0 Å². The van der Waals surface area contributed by atoms with Gasteiger partial charge in [-0.15, -0.1) is 0 Å². The van der Waals surface area contributed by atoms with E-state index >= 15 is 0 Å². The van der Waals surface area contributed by atoms with Crippen LogP contribution in [0, 0.1) is 6.92 Å². The van der Waals surface area contributed by atoms with Crippen LogP contribution < -0.4 is 0 Å². The number of rotatable bonds is 4. The van der Waals surface area contributed by atoms with E-state index in [4.69, 9.17) is 5.11 Å². The van der Waals surface area contributed by atoms with E-state index in [1.165, 1.54) is 0 Å². The van der Waals surface area contributed by atoms with Crippen molar-refractivity contribution in [3.05, 3.63) is 29.8 Å². The van der Waals surface area contributed by atoms with Gasteiger partial charge >= 0.3 is 5.38 Å². The van der Waals surface area contributed by atoms with E-state index in [1.54, 1.807) is 24.3 Å². The van der Waals surface area contributed by atoms with E-state index in [2.05, 4.69) is 11.6 Å². The number of halogens is 3. The number of hydrogen-bond donors (Lipinski definition) is 1. The Balaban J connectivity index is 2.70. The second-order valence-corrected chi connectivity index (χ2v) is 5.38. The summed E-state index contributed by atoms with van der Waals surface area (Å²) in [5.74, 6) is -0.584. The molecule has 0 heterocycles. The van der Waals surface area contributed by atoms with Gasteiger partial charge in [-0.3, -0.25) is 4.21 Å². The molecular weight excluding hydrogens is 258 g/mol. The summed E-state index contributed by atoms with van der Waals surface area (Å²) in [6.45, 7) is 1.86. The highest BCUT2D eigenvalue weighted by atomic mass is 35.5. The average Bonchev–Trinajstić information content (AvgIpc) is 2.17. The fourth-order valence-corrected chi connectivity index (χ4v) is 2.32. The maximum absolute atomic E-state index is 12.4. The monoisotopic (exact) mass is 268 g/mol. The quantitative estimate of drug-likeness (QED) is 0.851. The molecule has 1 N–H and O–H groups in total. The second kappa shape index (κ2) is 5.21. The van der Waals surface area contributed by atoms with Gasteiger partial charge < -0.3 is 5.11 Å². The zero-order valence-corrected chi connectivity index (χ0v) is 10.1. The minimum absolute atomic E-state index is 0.394. The summed E-state index contributed by atoms with van der Waals surface area (Å²) in [6, 6.07) is 6.59. The van der Waals surface area contributed by atoms with Crippen LogP contribution in [0.15, 0.2) is 29.2 Å². The number of alkyl halides is 3. The van der Waals surface area contributed by atoms with Crippen molar-refractivity contribution in [2.75, 3.05) is 5.75 Å². The predicted octanol–water partition coefficient (Wildman–Crippen LogP) is 2.30. The standard InChI is InChI=1S/C10H11ClF2O2S/c1-7-2-4-8(5-3-7)16(15)6-9(14)10(11,12)13/h2-5,9,14H,6H2,1H3/t9?,16-/m1/s1. The van der Waals surface area contributed by atoms with Gasteiger partial charge in [0.15, 0.2) is 0 Å². The molecule has 0 bridgehead atoms. The smallest absolute Gasteiger partial charge is 0.348 e. The number of hydrogen-bond acceptors (Lipinski definition) is 2. The predicted molar refractivity (Wildman–Crippen MR) is 59.3 cm³/mol. The molecule has 0 aromatic heterocycles. The van der Waals surface area contributed by atoms with Crippen molar-refractivity contribution in [3.63, 3.8) is 0 Å². The highest BCUT2D eigenvalue weighted by molar-refractivity contribution is 7.85. The molecular formula is C10H11ClF2O2S. The second-order valence-electron chi connectivity index (χ2n) is 3.38. The van der Waals surface area contributed by atoms with Crippen molar-refractivity contribution in [2.24, 2.45) is 0 Å². The Kier molecular flexibility index (Phi) is 4.41. The Labute approximate surface area is 99.7 Å². The Morgan fingerprint density at radius 1 is 1.44 bits per heavy atom. The average molecular weight is 269 g/mol. The molecule has 0 radical (unpaired) electrons. The van der Waals surface area contributed by atoms with Gasteiger partial charge in [-0.05, 0) is 30.7 Å². The lowest BCUT2D eigenvalue weighted by Gasteiger charge is -2.15. The van der Waals surface area contributed by atoms with Gasteiger partial charge in [0.05, 0.1) is 16.6 Å². The van der Waals surface area contributed by atoms with Crippen LogP contribution in [0.4, 0.5) is 8.78 Å². The first-order chi connectivity index (χ1) is 7.30. The molecule has 0 aliphatic rings. The van der Waals surface area contributed by atoms with Crippen LogP contribution in [0.1, 0.15) is 5.56 Å². The van der Waals surface area contributed by atoms with E-state index in [0.717, 1.165) is 5.56 Å². The summed E-state index contributed by atoms with van der Waals surface area (Å²) < 4.78 is 36.4. The molecule has 0 spiro atoms. The third kappa shape index (κ3) is 3.81. The summed E-state index contributed by atoms with van der Waals surface area (Å²) in [5, 5.41) is 5.25. The molecule has 1 aromatic carbocycles. The zero-order valence-electron chi connectivity index (χ0n) is 8.49. The lowest BCUT2D eigenvalue weighted by Crippen LogP contribution is -2.32. The SMILES string of the molecule is Cc1ccc([S@](=O)CC(O)C(F)(F)Cl)cc1. The van der Waals surface area contributed by atoms with E-state index < -0.39 is 28.0 Å². The van der Waals surface area contributed by atoms with Crippen LogP contribution in [-0.2, 0) is 10.8 Å². The first kappa shape index (κ1) is 13.5. The number of aryl methyl sites for hydroxylation is 1. The number of benzene rings is 1. The van der Waals surface area contributed by atoms with Crippen LogP contribution >= 0.6 is 11.6 Å². The van der Waals surface area contributed by atoms with Crippen LogP contribution in [-0.4, -0.2) is 26.6 Å². The number of aliphatic hydroxyl groups excluding tert-OH is 1. The van der Waals surface area contributed by atoms with E-state index in [9.17, 15) is 13.0 Å². The van der Waals surface area contributed by atoms with E-state index in [0.29, 0.717) is 4.90 Å². The van der Waals surface area contributed by atoms with Gasteiger partial charge in [-0.2, -0.15) is 8.78 Å². The van der Waals surface area contributed by atoms with Crippen LogP contribution in [0.3, 0.4) is 0 Å². The molecule has 90 valence electrons. The molecule has 0 aliphatic carbocycles. The molecule has 16 heavy (non-hydrogen) atoms. The van der Waals surface area contributed by atoms with Crippen LogP contribution in [0.25, 0.3) is 0 Å². The lowest BCUT2D eigenvalue weighted by atomic mass is 10.2. The van der Waals surface area contributed by atoms with Crippen molar-refractivity contribution in [1.82, 2.24) is 0 Å². The minimum atomic E-state index is -3.75. The number of aliphatic hydroxyl groups is 1. The van der Waals surface area contributed by atoms with Crippen molar-refractivity contribution in [3.8, 4) is 0 Å². The third-order valence-corrected chi connectivity index (χ3v) is 3.64. The van der Waals surface area contributed by atoms with Crippen molar-refractivity contribution >= 4 is 22.4 Å². The molecule has 0 saturated heterocycles. The Hall–Kier alpha value is -0.520. The molecule has 0 fully saturated rings. The summed E-state index contributed by atoms with van der Waals surface area (Å²) in [4.78, 5) is 0.394. The topological polar surface area (TPSA) is 37.3 Å². The van der Waals surface area contributed by atoms with E-state index in [-0.39, 0.29) is 0 Å². The minimum Gasteiger partial charge on any atom is -0.384 e. The van der Waals surface area contributed by atoms with Gasteiger partial charge in [0.1, 0.15) is 6.10 Å². The highest BCUT2D eigenvalue weighted by Gasteiger charge is 2.36. The third-order valence-electron chi connectivity index (χ3n) is 1.97. The Morgan fingerprint density at radius 3 is 2.38 bits per heavy atom. The van der Waals surface area contributed by atoms with Gasteiger partial charge in [-0.25, -0.2) is 0 Å². The molecule has 0 aliphatic heterocycles. The Morgan fingerprint density at radius 2 is 1.94 bits per heavy atom.